The second kappa shape index (κ2) is 4.89. The van der Waals surface area contributed by atoms with Gasteiger partial charge in [-0.1, -0.05) is 5.16 Å². The minimum absolute atomic E-state index is 0.0203. The Balaban J connectivity index is 3.00. The molecular weight excluding hydrogens is 300 g/mol. The van der Waals surface area contributed by atoms with Gasteiger partial charge in [-0.05, 0) is 13.8 Å². The maximum Gasteiger partial charge on any atom is 0.436 e. The summed E-state index contributed by atoms with van der Waals surface area (Å²) in [6.45, 7) is 1.75. The summed E-state index contributed by atoms with van der Waals surface area (Å²) in [4.78, 5) is -4.55. The van der Waals surface area contributed by atoms with Crippen LogP contribution in [0.1, 0.15) is 17.0 Å². The molecule has 0 saturated heterocycles. The van der Waals surface area contributed by atoms with Gasteiger partial charge >= 0.3 is 17.3 Å². The zero-order valence-corrected chi connectivity index (χ0v) is 10.6. The third-order valence-electron chi connectivity index (χ3n) is 2.38. The van der Waals surface area contributed by atoms with Gasteiger partial charge in [0.25, 0.3) is 0 Å². The topological polar surface area (TPSA) is 35.3 Å². The smallest absolute Gasteiger partial charge is 0.361 e. The van der Waals surface area contributed by atoms with Crippen LogP contribution in [-0.2, 0) is 11.3 Å². The molecule has 0 bridgehead atoms. The number of hydrogen-bond donors (Lipinski definition) is 1. The molecule has 110 valence electrons. The molecule has 0 spiro atoms. The normalized spacial score (nSPS) is 13.9. The molecule has 0 amide bonds. The molecule has 0 unspecified atom stereocenters. The van der Waals surface area contributed by atoms with Gasteiger partial charge in [-0.2, -0.15) is 26.3 Å². The van der Waals surface area contributed by atoms with E-state index < -0.39 is 23.9 Å². The van der Waals surface area contributed by atoms with E-state index in [1.165, 1.54) is 13.8 Å². The number of halogens is 6. The molecule has 0 saturated carbocycles. The minimum atomic E-state index is -5.71. The van der Waals surface area contributed by atoms with Gasteiger partial charge in [0.1, 0.15) is 5.76 Å². The van der Waals surface area contributed by atoms with Crippen LogP contribution in [-0.4, -0.2) is 22.4 Å². The fourth-order valence-corrected chi connectivity index (χ4v) is 1.27. The van der Waals surface area contributed by atoms with Crippen molar-refractivity contribution in [3.05, 3.63) is 17.0 Å². The predicted octanol–water partition coefficient (Wildman–Crippen LogP) is 3.56. The van der Waals surface area contributed by atoms with Crippen molar-refractivity contribution in [3.8, 4) is 0 Å². The fourth-order valence-electron chi connectivity index (χ4n) is 1.21. The Bertz CT molecular complexity index is 419. The number of hydrogen-bond acceptors (Lipinski definition) is 4. The van der Waals surface area contributed by atoms with Gasteiger partial charge in [0, 0.05) is 5.56 Å². The van der Waals surface area contributed by atoms with Gasteiger partial charge in [-0.15, -0.1) is 12.6 Å². The second-order valence-corrected chi connectivity index (χ2v) is 4.36. The molecule has 0 aliphatic heterocycles. The molecule has 10 heteroatoms. The molecule has 0 radical (unpaired) electrons. The second-order valence-electron chi connectivity index (χ2n) is 3.73. The zero-order valence-electron chi connectivity index (χ0n) is 9.69. The molecule has 0 aliphatic rings. The molecule has 19 heavy (non-hydrogen) atoms. The summed E-state index contributed by atoms with van der Waals surface area (Å²) in [5, 5.41) is 3.40. The van der Waals surface area contributed by atoms with Crippen molar-refractivity contribution in [1.82, 2.24) is 5.16 Å². The van der Waals surface area contributed by atoms with E-state index in [1.54, 1.807) is 0 Å². The maximum atomic E-state index is 12.5. The van der Waals surface area contributed by atoms with Crippen LogP contribution in [0.25, 0.3) is 0 Å². The summed E-state index contributed by atoms with van der Waals surface area (Å²) >= 11 is 2.64. The average molecular weight is 309 g/mol. The van der Waals surface area contributed by atoms with E-state index in [2.05, 4.69) is 27.0 Å². The van der Waals surface area contributed by atoms with Gasteiger partial charge < -0.3 is 9.26 Å². The van der Waals surface area contributed by atoms with E-state index in [9.17, 15) is 26.3 Å². The maximum absolute atomic E-state index is 12.5. The lowest BCUT2D eigenvalue weighted by molar-refractivity contribution is -0.342. The van der Waals surface area contributed by atoms with Gasteiger partial charge in [-0.25, -0.2) is 0 Å². The first-order chi connectivity index (χ1) is 8.40. The highest BCUT2D eigenvalue weighted by molar-refractivity contribution is 7.81. The summed E-state index contributed by atoms with van der Waals surface area (Å²) in [6, 6.07) is 0. The number of nitrogens with zero attached hydrogens (tertiary/aromatic N) is 1. The van der Waals surface area contributed by atoms with Crippen LogP contribution in [0.2, 0.25) is 0 Å². The highest BCUT2D eigenvalue weighted by atomic mass is 32.1. The van der Waals surface area contributed by atoms with E-state index in [0.717, 1.165) is 0 Å². The number of rotatable bonds is 3. The lowest BCUT2D eigenvalue weighted by Gasteiger charge is -2.32. The van der Waals surface area contributed by atoms with E-state index in [0.29, 0.717) is 0 Å². The van der Waals surface area contributed by atoms with Crippen molar-refractivity contribution in [2.75, 3.05) is 0 Å². The lowest BCUT2D eigenvalue weighted by Crippen LogP contribution is -2.54. The molecule has 1 heterocycles. The van der Waals surface area contributed by atoms with Gasteiger partial charge in [0.05, 0.1) is 12.3 Å². The van der Waals surface area contributed by atoms with Gasteiger partial charge in [-0.3, -0.25) is 0 Å². The highest BCUT2D eigenvalue weighted by Crippen LogP contribution is 2.49. The Morgan fingerprint density at radius 1 is 1.11 bits per heavy atom. The van der Waals surface area contributed by atoms with Crippen LogP contribution in [0.4, 0.5) is 26.3 Å². The molecule has 0 fully saturated rings. The van der Waals surface area contributed by atoms with E-state index in [1.807, 2.05) is 0 Å². The minimum Gasteiger partial charge on any atom is -0.361 e. The van der Waals surface area contributed by atoms with Crippen LogP contribution in [0.15, 0.2) is 4.52 Å². The third kappa shape index (κ3) is 2.99. The van der Waals surface area contributed by atoms with E-state index in [4.69, 9.17) is 0 Å². The number of alkyl halides is 6. The average Bonchev–Trinajstić information content (AvgIpc) is 2.52. The van der Waals surface area contributed by atoms with Crippen LogP contribution >= 0.6 is 12.6 Å². The molecule has 1 aromatic rings. The Kier molecular flexibility index (Phi) is 4.16. The number of ether oxygens (including phenoxy) is 1. The molecule has 3 nitrogen and oxygen atoms in total. The Morgan fingerprint density at radius 3 is 1.89 bits per heavy atom. The quantitative estimate of drug-likeness (QED) is 0.527. The zero-order chi connectivity index (χ0) is 15.1. The summed E-state index contributed by atoms with van der Waals surface area (Å²) in [7, 11) is 0. The van der Waals surface area contributed by atoms with Gasteiger partial charge in [0.15, 0.2) is 0 Å². The predicted molar refractivity (Wildman–Crippen MR) is 54.6 cm³/mol. The molecule has 0 aliphatic carbocycles. The molecule has 0 atom stereocenters. The van der Waals surface area contributed by atoms with Crippen LogP contribution in [0, 0.1) is 13.8 Å². The van der Waals surface area contributed by atoms with Crippen molar-refractivity contribution in [3.63, 3.8) is 0 Å². The van der Waals surface area contributed by atoms with Crippen molar-refractivity contribution < 1.29 is 35.6 Å². The van der Waals surface area contributed by atoms with Crippen molar-refractivity contribution in [1.29, 1.82) is 0 Å². The van der Waals surface area contributed by atoms with E-state index in [-0.39, 0.29) is 17.0 Å². The first-order valence-electron chi connectivity index (χ1n) is 4.81. The van der Waals surface area contributed by atoms with Crippen LogP contribution < -0.4 is 0 Å². The Labute approximate surface area is 109 Å². The molecular formula is C9H9F6NO2S. The standard InChI is InChI=1S/C9H9F6NO2S/c1-4-6(5(2)18-16-4)3-17-7(19,8(10,11)12)9(13,14)15/h19H,3H2,1-2H3. The summed E-state index contributed by atoms with van der Waals surface area (Å²) in [5.41, 5.74) is 0.171. The van der Waals surface area contributed by atoms with E-state index >= 15 is 0 Å². The Hall–Kier alpha value is -0.900. The molecule has 1 aromatic heterocycles. The number of thiol groups is 1. The Morgan fingerprint density at radius 2 is 1.58 bits per heavy atom. The van der Waals surface area contributed by atoms with Crippen molar-refractivity contribution >= 4 is 12.6 Å². The highest BCUT2D eigenvalue weighted by Gasteiger charge is 2.70. The lowest BCUT2D eigenvalue weighted by atomic mass is 10.2. The summed E-state index contributed by atoms with van der Waals surface area (Å²) in [5.74, 6) is 0.0810. The first-order valence-corrected chi connectivity index (χ1v) is 5.26. The number of aromatic nitrogens is 1. The SMILES string of the molecule is Cc1noc(C)c1COC(S)(C(F)(F)F)C(F)(F)F. The molecule has 1 rings (SSSR count). The molecule has 0 N–H and O–H groups in total. The van der Waals surface area contributed by atoms with Gasteiger partial charge in [0.2, 0.25) is 0 Å². The summed E-state index contributed by atoms with van der Waals surface area (Å²) < 4.78 is 83.4. The monoisotopic (exact) mass is 309 g/mol. The first kappa shape index (κ1) is 16.2. The van der Waals surface area contributed by atoms with Crippen LogP contribution in [0.3, 0.4) is 0 Å². The van der Waals surface area contributed by atoms with Crippen molar-refractivity contribution in [2.24, 2.45) is 0 Å². The van der Waals surface area contributed by atoms with Crippen molar-refractivity contribution in [2.45, 2.75) is 37.7 Å². The fraction of sp³-hybridized carbons (Fsp3) is 0.667. The number of aryl methyl sites for hydroxylation is 2. The third-order valence-corrected chi connectivity index (χ3v) is 3.01. The summed E-state index contributed by atoms with van der Waals surface area (Å²) in [6.07, 6.45) is -11.4. The molecule has 0 aromatic carbocycles. The largest absolute Gasteiger partial charge is 0.436 e. The van der Waals surface area contributed by atoms with Crippen LogP contribution in [0.5, 0.6) is 0 Å².